The smallest absolute Gasteiger partial charge is 0.270 e. The van der Waals surface area contributed by atoms with E-state index in [0.717, 1.165) is 46.3 Å². The van der Waals surface area contributed by atoms with Gasteiger partial charge in [0.25, 0.3) is 5.56 Å². The molecule has 0 radical (unpaired) electrons. The van der Waals surface area contributed by atoms with Crippen LogP contribution >= 0.6 is 15.9 Å². The molecule has 32 heavy (non-hydrogen) atoms. The van der Waals surface area contributed by atoms with Crippen LogP contribution < -0.4 is 10.3 Å². The minimum absolute atomic E-state index is 0.0400. The first-order chi connectivity index (χ1) is 15.3. The van der Waals surface area contributed by atoms with E-state index in [1.165, 1.54) is 29.5 Å². The van der Waals surface area contributed by atoms with Gasteiger partial charge in [0.2, 0.25) is 0 Å². The summed E-state index contributed by atoms with van der Waals surface area (Å²) in [6.45, 7) is 6.98. The summed E-state index contributed by atoms with van der Waals surface area (Å²) in [4.78, 5) is 13.5. The summed E-state index contributed by atoms with van der Waals surface area (Å²) in [6, 6.07) is 14.2. The number of methoxy groups -OCH3 is 1. The Morgan fingerprint density at radius 1 is 1.06 bits per heavy atom. The molecule has 1 fully saturated rings. The maximum atomic E-state index is 13.5. The average Bonchev–Trinajstić information content (AvgIpc) is 3.20. The van der Waals surface area contributed by atoms with Crippen LogP contribution in [0.25, 0.3) is 0 Å². The first kappa shape index (κ1) is 22.8. The van der Waals surface area contributed by atoms with Crippen molar-refractivity contribution in [3.05, 3.63) is 90.8 Å². The molecule has 0 amide bonds. The van der Waals surface area contributed by atoms with Crippen molar-refractivity contribution < 1.29 is 4.74 Å². The van der Waals surface area contributed by atoms with Gasteiger partial charge in [0.05, 0.1) is 19.3 Å². The Morgan fingerprint density at radius 2 is 1.69 bits per heavy atom. The zero-order chi connectivity index (χ0) is 22.9. The molecular formula is C27H31BrN2O2. The van der Waals surface area contributed by atoms with Crippen LogP contribution in [0.15, 0.2) is 51.7 Å². The highest BCUT2D eigenvalue weighted by Crippen LogP contribution is 2.39. The maximum absolute atomic E-state index is 13.5. The molecule has 1 heterocycles. The summed E-state index contributed by atoms with van der Waals surface area (Å²) in [7, 11) is 1.66. The van der Waals surface area contributed by atoms with Gasteiger partial charge in [-0.05, 0) is 84.7 Å². The summed E-state index contributed by atoms with van der Waals surface area (Å²) in [6.07, 6.45) is 5.19. The molecule has 1 aliphatic rings. The molecule has 1 saturated carbocycles. The molecule has 168 valence electrons. The molecule has 0 unspecified atom stereocenters. The van der Waals surface area contributed by atoms with Crippen LogP contribution in [0, 0.1) is 13.8 Å². The van der Waals surface area contributed by atoms with Gasteiger partial charge in [0, 0.05) is 16.5 Å². The summed E-state index contributed by atoms with van der Waals surface area (Å²) in [5.41, 5.74) is 6.63. The van der Waals surface area contributed by atoms with Gasteiger partial charge in [-0.3, -0.25) is 4.79 Å². The third-order valence-corrected chi connectivity index (χ3v) is 7.35. The van der Waals surface area contributed by atoms with Gasteiger partial charge in [-0.1, -0.05) is 47.8 Å². The van der Waals surface area contributed by atoms with Crippen LogP contribution in [0.2, 0.25) is 0 Å². The molecule has 4 rings (SSSR count). The number of hydrogen-bond donors (Lipinski definition) is 0. The molecule has 0 atom stereocenters. The van der Waals surface area contributed by atoms with Gasteiger partial charge in [0.1, 0.15) is 5.75 Å². The van der Waals surface area contributed by atoms with Crippen molar-refractivity contribution in [2.45, 2.75) is 64.8 Å². The van der Waals surface area contributed by atoms with Crippen molar-refractivity contribution in [2.24, 2.45) is 0 Å². The van der Waals surface area contributed by atoms with E-state index in [0.29, 0.717) is 6.54 Å². The number of nitrogens with zero attached hydrogens (tertiary/aromatic N) is 2. The third kappa shape index (κ3) is 4.68. The van der Waals surface area contributed by atoms with E-state index in [1.807, 2.05) is 24.3 Å². The SMILES string of the molecule is COc1ccc(Cn2nc(Cc3c(C)cc(Br)cc3C)cc(C3(C)CCCC3)c2=O)cc1. The van der Waals surface area contributed by atoms with E-state index in [1.54, 1.807) is 11.8 Å². The standard InChI is InChI=1S/C27H31BrN2O2/c1-18-13-21(28)14-19(2)24(18)15-22-16-25(27(3)11-5-6-12-27)26(31)30(29-22)17-20-7-9-23(32-4)10-8-20/h7-10,13-14,16H,5-6,11-12,15,17H2,1-4H3. The molecule has 0 N–H and O–H groups in total. The monoisotopic (exact) mass is 494 g/mol. The Morgan fingerprint density at radius 3 is 2.28 bits per heavy atom. The molecule has 0 aliphatic heterocycles. The zero-order valence-electron chi connectivity index (χ0n) is 19.4. The van der Waals surface area contributed by atoms with Crippen LogP contribution in [0.5, 0.6) is 5.75 Å². The molecule has 3 aromatic rings. The molecule has 5 heteroatoms. The van der Waals surface area contributed by atoms with E-state index in [2.05, 4.69) is 54.9 Å². The maximum Gasteiger partial charge on any atom is 0.270 e. The summed E-state index contributed by atoms with van der Waals surface area (Å²) in [5.74, 6) is 0.808. The largest absolute Gasteiger partial charge is 0.497 e. The van der Waals surface area contributed by atoms with E-state index >= 15 is 0 Å². The number of ether oxygens (including phenoxy) is 1. The lowest BCUT2D eigenvalue weighted by Gasteiger charge is -2.25. The molecule has 2 aromatic carbocycles. The first-order valence-electron chi connectivity index (χ1n) is 11.3. The lowest BCUT2D eigenvalue weighted by atomic mass is 9.81. The summed E-state index contributed by atoms with van der Waals surface area (Å²) >= 11 is 3.59. The third-order valence-electron chi connectivity index (χ3n) is 6.89. The second-order valence-electron chi connectivity index (χ2n) is 9.32. The van der Waals surface area contributed by atoms with Crippen molar-refractivity contribution in [3.8, 4) is 5.75 Å². The van der Waals surface area contributed by atoms with E-state index in [-0.39, 0.29) is 11.0 Å². The van der Waals surface area contributed by atoms with Crippen molar-refractivity contribution in [1.82, 2.24) is 9.78 Å². The van der Waals surface area contributed by atoms with Gasteiger partial charge in [-0.15, -0.1) is 0 Å². The van der Waals surface area contributed by atoms with Crippen LogP contribution in [-0.4, -0.2) is 16.9 Å². The van der Waals surface area contributed by atoms with Crippen molar-refractivity contribution in [2.75, 3.05) is 7.11 Å². The Labute approximate surface area is 198 Å². The molecule has 1 aromatic heterocycles. The fourth-order valence-corrected chi connectivity index (χ4v) is 5.64. The highest BCUT2D eigenvalue weighted by atomic mass is 79.9. The van der Waals surface area contributed by atoms with Gasteiger partial charge >= 0.3 is 0 Å². The van der Waals surface area contributed by atoms with Crippen LogP contribution in [0.4, 0.5) is 0 Å². The molecule has 0 saturated heterocycles. The minimum Gasteiger partial charge on any atom is -0.497 e. The minimum atomic E-state index is -0.0692. The lowest BCUT2D eigenvalue weighted by Crippen LogP contribution is -2.35. The van der Waals surface area contributed by atoms with Crippen LogP contribution in [0.3, 0.4) is 0 Å². The van der Waals surface area contributed by atoms with Gasteiger partial charge < -0.3 is 4.74 Å². The molecule has 4 nitrogen and oxygen atoms in total. The lowest BCUT2D eigenvalue weighted by molar-refractivity contribution is 0.414. The highest BCUT2D eigenvalue weighted by molar-refractivity contribution is 9.10. The van der Waals surface area contributed by atoms with Crippen LogP contribution in [0.1, 0.15) is 66.1 Å². The number of rotatable bonds is 6. The van der Waals surface area contributed by atoms with Gasteiger partial charge in [0.15, 0.2) is 0 Å². The predicted octanol–water partition coefficient (Wildman–Crippen LogP) is 6.10. The Hall–Kier alpha value is -2.40. The number of aryl methyl sites for hydroxylation is 2. The number of halogens is 1. The van der Waals surface area contributed by atoms with E-state index in [9.17, 15) is 4.79 Å². The Bertz CT molecular complexity index is 1150. The fraction of sp³-hybridized carbons (Fsp3) is 0.407. The summed E-state index contributed by atoms with van der Waals surface area (Å²) < 4.78 is 8.03. The molecular weight excluding hydrogens is 464 g/mol. The molecule has 0 bridgehead atoms. The Kier molecular flexibility index (Phi) is 6.57. The average molecular weight is 495 g/mol. The molecule has 1 aliphatic carbocycles. The second-order valence-corrected chi connectivity index (χ2v) is 10.2. The number of aromatic nitrogens is 2. The number of benzene rings is 2. The fourth-order valence-electron chi connectivity index (χ4n) is 4.95. The predicted molar refractivity (Wildman–Crippen MR) is 133 cm³/mol. The van der Waals surface area contributed by atoms with Gasteiger partial charge in [-0.2, -0.15) is 5.10 Å². The normalized spacial score (nSPS) is 15.2. The number of hydrogen-bond acceptors (Lipinski definition) is 3. The quantitative estimate of drug-likeness (QED) is 0.415. The topological polar surface area (TPSA) is 44.1 Å². The van der Waals surface area contributed by atoms with Crippen molar-refractivity contribution in [1.29, 1.82) is 0 Å². The van der Waals surface area contributed by atoms with Crippen molar-refractivity contribution >= 4 is 15.9 Å². The van der Waals surface area contributed by atoms with Gasteiger partial charge in [-0.25, -0.2) is 4.68 Å². The van der Waals surface area contributed by atoms with E-state index in [4.69, 9.17) is 9.84 Å². The first-order valence-corrected chi connectivity index (χ1v) is 12.1. The van der Waals surface area contributed by atoms with Crippen molar-refractivity contribution in [3.63, 3.8) is 0 Å². The Balaban J connectivity index is 1.77. The second kappa shape index (κ2) is 9.22. The highest BCUT2D eigenvalue weighted by Gasteiger charge is 2.34. The van der Waals surface area contributed by atoms with E-state index < -0.39 is 0 Å². The molecule has 0 spiro atoms. The summed E-state index contributed by atoms with van der Waals surface area (Å²) in [5, 5.41) is 4.83. The zero-order valence-corrected chi connectivity index (χ0v) is 21.0. The van der Waals surface area contributed by atoms with Crippen LogP contribution in [-0.2, 0) is 18.4 Å².